The van der Waals surface area contributed by atoms with Crippen molar-refractivity contribution in [2.75, 3.05) is 4.90 Å². The van der Waals surface area contributed by atoms with Crippen LogP contribution in [-0.4, -0.2) is 4.57 Å². The maximum absolute atomic E-state index is 2.59. The van der Waals surface area contributed by atoms with Crippen LogP contribution in [0.1, 0.15) is 44.5 Å². The lowest BCUT2D eigenvalue weighted by Crippen LogP contribution is -2.30. The van der Waals surface area contributed by atoms with Gasteiger partial charge in [-0.3, -0.25) is 0 Å². The molecular weight excluding hydrogens is 917 g/mol. The molecule has 2 aliphatic carbocycles. The molecule has 1 aromatic heterocycles. The maximum Gasteiger partial charge on any atom is 0.0734 e. The molecule has 0 saturated carbocycles. The number of benzene rings is 12. The Balaban J connectivity index is 0.999. The minimum atomic E-state index is -0.649. The monoisotopic (exact) mass is 966 g/mol. The van der Waals surface area contributed by atoms with Gasteiger partial charge in [0, 0.05) is 33.3 Å². The van der Waals surface area contributed by atoms with Gasteiger partial charge in [0.15, 0.2) is 0 Å². The number of rotatable bonds is 9. The molecule has 13 aromatic rings. The van der Waals surface area contributed by atoms with Crippen molar-refractivity contribution in [1.29, 1.82) is 0 Å². The standard InChI is InChI=1S/C74H50N2/c1-5-25-53(26-6-1)73(54-27-7-2-8-28-54)65-40-18-14-37-63(65)71-66(73)41-23-44-69(71)75(57-48-46-51(47-49-57)52-24-21-33-58(50-52)76-67-42-19-15-35-60(67)61-36-16-20-43-68(61)76)70-45-22-38-62-59-34-13-17-39-64(59)74(72(62)70,55-29-9-3-10-30-55)56-31-11-4-12-32-56/h1-50H. The van der Waals surface area contributed by atoms with Crippen LogP contribution in [0.5, 0.6) is 0 Å². The minimum absolute atomic E-state index is 0.575. The first-order valence-electron chi connectivity index (χ1n) is 26.4. The van der Waals surface area contributed by atoms with E-state index in [9.17, 15) is 0 Å². The van der Waals surface area contributed by atoms with Gasteiger partial charge in [0.2, 0.25) is 0 Å². The second kappa shape index (κ2) is 17.4. The van der Waals surface area contributed by atoms with E-state index in [1.807, 2.05) is 0 Å². The molecule has 76 heavy (non-hydrogen) atoms. The summed E-state index contributed by atoms with van der Waals surface area (Å²) < 4.78 is 2.41. The first-order valence-corrected chi connectivity index (χ1v) is 26.4. The number of nitrogens with zero attached hydrogens (tertiary/aromatic N) is 2. The maximum atomic E-state index is 2.59. The zero-order valence-corrected chi connectivity index (χ0v) is 41.8. The molecule has 0 aliphatic heterocycles. The van der Waals surface area contributed by atoms with E-state index in [1.54, 1.807) is 0 Å². The number of anilines is 3. The normalized spacial score (nSPS) is 13.5. The highest BCUT2D eigenvalue weighted by molar-refractivity contribution is 6.09. The summed E-state index contributed by atoms with van der Waals surface area (Å²) in [6, 6.07) is 113. The fourth-order valence-electron chi connectivity index (χ4n) is 13.6. The Morgan fingerprint density at radius 1 is 0.289 bits per heavy atom. The van der Waals surface area contributed by atoms with Gasteiger partial charge in [-0.2, -0.15) is 0 Å². The van der Waals surface area contributed by atoms with Gasteiger partial charge < -0.3 is 9.47 Å². The topological polar surface area (TPSA) is 8.17 Å². The molecule has 1 heterocycles. The number of hydrogen-bond acceptors (Lipinski definition) is 1. The molecule has 0 spiro atoms. The Morgan fingerprint density at radius 2 is 0.737 bits per heavy atom. The van der Waals surface area contributed by atoms with Crippen LogP contribution in [0.3, 0.4) is 0 Å². The molecule has 0 saturated heterocycles. The molecule has 0 unspecified atom stereocenters. The zero-order valence-electron chi connectivity index (χ0n) is 41.8. The smallest absolute Gasteiger partial charge is 0.0734 e. The third-order valence-electron chi connectivity index (χ3n) is 16.5. The predicted molar refractivity (Wildman–Crippen MR) is 316 cm³/mol. The van der Waals surface area contributed by atoms with Gasteiger partial charge in [0.05, 0.1) is 33.2 Å². The van der Waals surface area contributed by atoms with Crippen LogP contribution in [0.25, 0.3) is 60.9 Å². The summed E-state index contributed by atoms with van der Waals surface area (Å²) in [6.45, 7) is 0. The molecule has 2 nitrogen and oxygen atoms in total. The third kappa shape index (κ3) is 6.28. The van der Waals surface area contributed by atoms with E-state index in [0.29, 0.717) is 0 Å². The highest BCUT2D eigenvalue weighted by Gasteiger charge is 2.50. The summed E-state index contributed by atoms with van der Waals surface area (Å²) in [5, 5.41) is 2.51. The summed E-state index contributed by atoms with van der Waals surface area (Å²) in [5.74, 6) is 0. The summed E-state index contributed by atoms with van der Waals surface area (Å²) in [6.07, 6.45) is 0. The number of fused-ring (bicyclic) bond motifs is 9. The molecule has 0 N–H and O–H groups in total. The first kappa shape index (κ1) is 43.8. The van der Waals surface area contributed by atoms with E-state index in [4.69, 9.17) is 0 Å². The van der Waals surface area contributed by atoms with Crippen molar-refractivity contribution in [1.82, 2.24) is 4.57 Å². The third-order valence-corrected chi connectivity index (χ3v) is 16.5. The van der Waals surface area contributed by atoms with E-state index >= 15 is 0 Å². The van der Waals surface area contributed by atoms with Crippen molar-refractivity contribution in [2.45, 2.75) is 10.8 Å². The molecule has 0 atom stereocenters. The Bertz CT molecular complexity index is 4190. The molecule has 12 aromatic carbocycles. The molecular formula is C74H50N2. The van der Waals surface area contributed by atoms with Gasteiger partial charge in [0.1, 0.15) is 0 Å². The summed E-state index contributed by atoms with van der Waals surface area (Å²) in [7, 11) is 0. The fraction of sp³-hybridized carbons (Fsp3) is 0.0270. The van der Waals surface area contributed by atoms with Crippen molar-refractivity contribution < 1.29 is 0 Å². The van der Waals surface area contributed by atoms with Crippen LogP contribution in [0, 0.1) is 0 Å². The van der Waals surface area contributed by atoms with Crippen LogP contribution in [0.15, 0.2) is 303 Å². The molecule has 2 aliphatic rings. The molecule has 0 fully saturated rings. The minimum Gasteiger partial charge on any atom is -0.310 e. The lowest BCUT2D eigenvalue weighted by atomic mass is 9.67. The second-order valence-electron chi connectivity index (χ2n) is 20.3. The predicted octanol–water partition coefficient (Wildman–Crippen LogP) is 18.6. The summed E-state index contributed by atoms with van der Waals surface area (Å²) in [5.41, 5.74) is 22.9. The van der Waals surface area contributed by atoms with Gasteiger partial charge in [-0.15, -0.1) is 0 Å². The zero-order chi connectivity index (χ0) is 50.2. The van der Waals surface area contributed by atoms with Crippen LogP contribution < -0.4 is 4.90 Å². The van der Waals surface area contributed by atoms with Gasteiger partial charge in [-0.25, -0.2) is 0 Å². The summed E-state index contributed by atoms with van der Waals surface area (Å²) >= 11 is 0. The quantitative estimate of drug-likeness (QED) is 0.140. The Morgan fingerprint density at radius 3 is 1.34 bits per heavy atom. The molecule has 0 bridgehead atoms. The van der Waals surface area contributed by atoms with E-state index in [1.165, 1.54) is 88.6 Å². The van der Waals surface area contributed by atoms with Crippen molar-refractivity contribution >= 4 is 38.9 Å². The van der Waals surface area contributed by atoms with Crippen molar-refractivity contribution in [3.05, 3.63) is 348 Å². The first-order chi connectivity index (χ1) is 37.7. The van der Waals surface area contributed by atoms with Crippen LogP contribution in [0.4, 0.5) is 17.1 Å². The Hall–Kier alpha value is -9.76. The lowest BCUT2D eigenvalue weighted by molar-refractivity contribution is 0.766. The van der Waals surface area contributed by atoms with Crippen LogP contribution in [-0.2, 0) is 10.8 Å². The van der Waals surface area contributed by atoms with Crippen molar-refractivity contribution in [3.8, 4) is 39.1 Å². The van der Waals surface area contributed by atoms with Gasteiger partial charge in [0.25, 0.3) is 0 Å². The van der Waals surface area contributed by atoms with Gasteiger partial charge in [-0.1, -0.05) is 255 Å². The van der Waals surface area contributed by atoms with E-state index in [0.717, 1.165) is 33.9 Å². The summed E-state index contributed by atoms with van der Waals surface area (Å²) in [4.78, 5) is 2.59. The highest BCUT2D eigenvalue weighted by atomic mass is 15.2. The Kier molecular flexibility index (Phi) is 10.0. The largest absolute Gasteiger partial charge is 0.310 e. The van der Waals surface area contributed by atoms with Crippen LogP contribution >= 0.6 is 0 Å². The molecule has 0 amide bonds. The molecule has 2 heteroatoms. The molecule has 356 valence electrons. The fourth-order valence-corrected chi connectivity index (χ4v) is 13.6. The second-order valence-corrected chi connectivity index (χ2v) is 20.3. The van der Waals surface area contributed by atoms with Crippen molar-refractivity contribution in [2.24, 2.45) is 0 Å². The van der Waals surface area contributed by atoms with Crippen LogP contribution in [0.2, 0.25) is 0 Å². The number of para-hydroxylation sites is 2. The highest BCUT2D eigenvalue weighted by Crippen LogP contribution is 2.63. The van der Waals surface area contributed by atoms with E-state index in [2.05, 4.69) is 313 Å². The van der Waals surface area contributed by atoms with E-state index in [-0.39, 0.29) is 0 Å². The Labute approximate surface area is 443 Å². The van der Waals surface area contributed by atoms with Gasteiger partial charge >= 0.3 is 0 Å². The number of aromatic nitrogens is 1. The van der Waals surface area contributed by atoms with E-state index < -0.39 is 10.8 Å². The van der Waals surface area contributed by atoms with Crippen molar-refractivity contribution in [3.63, 3.8) is 0 Å². The SMILES string of the molecule is c1ccc(C2(c3ccccc3)c3ccccc3-c3c(N(c4ccc(-c5cccc(-n6c7ccccc7c7ccccc76)c5)cc4)c4cccc5c4C(c4ccccc4)(c4ccccc4)c4ccccc4-5)cccc32)cc1. The molecule has 0 radical (unpaired) electrons. The average molecular weight is 967 g/mol. The van der Waals surface area contributed by atoms with Gasteiger partial charge in [-0.05, 0) is 115 Å². The average Bonchev–Trinajstić information content (AvgIpc) is 4.32. The number of hydrogen-bond donors (Lipinski definition) is 0. The lowest BCUT2D eigenvalue weighted by Gasteiger charge is -2.38. The molecule has 15 rings (SSSR count).